The summed E-state index contributed by atoms with van der Waals surface area (Å²) in [5.41, 5.74) is -1.24. The lowest BCUT2D eigenvalue weighted by atomic mass is 9.93. The maximum absolute atomic E-state index is 11.0. The third-order valence-corrected chi connectivity index (χ3v) is 2.46. The molecule has 0 aliphatic carbocycles. The van der Waals surface area contributed by atoms with Crippen LogP contribution in [0.2, 0.25) is 0 Å². The summed E-state index contributed by atoms with van der Waals surface area (Å²) >= 11 is 3.15. The number of carbonyl (C=O) groups excluding carboxylic acids is 1. The van der Waals surface area contributed by atoms with Crippen molar-refractivity contribution in [2.24, 2.45) is 0 Å². The van der Waals surface area contributed by atoms with Crippen molar-refractivity contribution in [1.29, 1.82) is 0 Å². The Bertz CT molecular complexity index is 221. The van der Waals surface area contributed by atoms with Crippen LogP contribution in [0.3, 0.4) is 0 Å². The van der Waals surface area contributed by atoms with Crippen LogP contribution in [-0.4, -0.2) is 35.1 Å². The molecular weight excluding hydrogens is 254 g/mol. The van der Waals surface area contributed by atoms with Gasteiger partial charge in [0.1, 0.15) is 5.54 Å². The Labute approximate surface area is 90.9 Å². The number of rotatable bonds is 5. The molecule has 0 aromatic heterocycles. The van der Waals surface area contributed by atoms with Gasteiger partial charge < -0.3 is 15.2 Å². The van der Waals surface area contributed by atoms with Crippen molar-refractivity contribution >= 4 is 28.0 Å². The van der Waals surface area contributed by atoms with Crippen LogP contribution in [0.25, 0.3) is 0 Å². The van der Waals surface area contributed by atoms with E-state index >= 15 is 0 Å². The molecule has 0 bridgehead atoms. The maximum atomic E-state index is 11.0. The minimum Gasteiger partial charge on any atom is -0.480 e. The van der Waals surface area contributed by atoms with Crippen molar-refractivity contribution in [2.45, 2.75) is 25.3 Å². The number of hydrogen-bond donors (Lipinski definition) is 2. The molecule has 82 valence electrons. The Morgan fingerprint density at radius 1 is 1.57 bits per heavy atom. The van der Waals surface area contributed by atoms with Gasteiger partial charge in [-0.15, -0.1) is 0 Å². The van der Waals surface area contributed by atoms with E-state index in [4.69, 9.17) is 5.11 Å². The normalized spacial score (nSPS) is 14.2. The number of methoxy groups -OCH3 is 1. The van der Waals surface area contributed by atoms with Crippen molar-refractivity contribution in [3.05, 3.63) is 0 Å². The summed E-state index contributed by atoms with van der Waals surface area (Å²) in [6.07, 6.45) is -0.105. The zero-order valence-corrected chi connectivity index (χ0v) is 9.76. The van der Waals surface area contributed by atoms with Crippen molar-refractivity contribution in [3.8, 4) is 0 Å². The summed E-state index contributed by atoms with van der Waals surface area (Å²) in [6, 6.07) is 0. The first-order chi connectivity index (χ1) is 6.52. The second-order valence-electron chi connectivity index (χ2n) is 2.80. The number of alkyl halides is 1. The SMILES string of the molecule is CCC(CCBr)(NC(=O)OC)C(=O)O. The monoisotopic (exact) mass is 267 g/mol. The fraction of sp³-hybridized carbons (Fsp3) is 0.750. The number of hydrogen-bond acceptors (Lipinski definition) is 3. The molecule has 0 aliphatic heterocycles. The largest absolute Gasteiger partial charge is 0.480 e. The zero-order valence-electron chi connectivity index (χ0n) is 8.17. The molecule has 0 radical (unpaired) electrons. The molecule has 0 aromatic rings. The highest BCUT2D eigenvalue weighted by Crippen LogP contribution is 2.17. The van der Waals surface area contributed by atoms with Crippen molar-refractivity contribution < 1.29 is 19.4 Å². The number of alkyl carbamates (subject to hydrolysis) is 1. The number of aliphatic carboxylic acids is 1. The van der Waals surface area contributed by atoms with Crippen LogP contribution in [0.15, 0.2) is 0 Å². The van der Waals surface area contributed by atoms with E-state index in [1.54, 1.807) is 6.92 Å². The second kappa shape index (κ2) is 5.85. The quantitative estimate of drug-likeness (QED) is 0.738. The van der Waals surface area contributed by atoms with Crippen molar-refractivity contribution in [1.82, 2.24) is 5.32 Å². The van der Waals surface area contributed by atoms with Gasteiger partial charge in [-0.2, -0.15) is 0 Å². The van der Waals surface area contributed by atoms with Gasteiger partial charge in [0, 0.05) is 5.33 Å². The third kappa shape index (κ3) is 3.17. The van der Waals surface area contributed by atoms with Gasteiger partial charge in [-0.25, -0.2) is 9.59 Å². The molecule has 1 unspecified atom stereocenters. The maximum Gasteiger partial charge on any atom is 0.407 e. The average Bonchev–Trinajstić information content (AvgIpc) is 2.16. The molecule has 0 heterocycles. The highest BCUT2D eigenvalue weighted by atomic mass is 79.9. The summed E-state index contributed by atoms with van der Waals surface area (Å²) in [6.45, 7) is 1.70. The fourth-order valence-corrected chi connectivity index (χ4v) is 1.72. The van der Waals surface area contributed by atoms with Crippen LogP contribution in [0, 0.1) is 0 Å². The van der Waals surface area contributed by atoms with E-state index in [0.717, 1.165) is 0 Å². The number of amides is 1. The Kier molecular flexibility index (Phi) is 5.52. The molecule has 0 aromatic carbocycles. The van der Waals surface area contributed by atoms with Gasteiger partial charge in [-0.05, 0) is 12.8 Å². The minimum absolute atomic E-state index is 0.309. The molecule has 0 aliphatic rings. The Hall–Kier alpha value is -0.780. The second-order valence-corrected chi connectivity index (χ2v) is 3.59. The van der Waals surface area contributed by atoms with Crippen molar-refractivity contribution in [3.63, 3.8) is 0 Å². The standard InChI is InChI=1S/C8H14BrNO4/c1-3-8(4-5-9,6(11)12)10-7(13)14-2/h3-5H2,1-2H3,(H,10,13)(H,11,12). The van der Waals surface area contributed by atoms with E-state index in [0.29, 0.717) is 18.2 Å². The van der Waals surface area contributed by atoms with Gasteiger partial charge in [0.15, 0.2) is 0 Å². The molecule has 0 rings (SSSR count). The topological polar surface area (TPSA) is 75.6 Å². The number of ether oxygens (including phenoxy) is 1. The number of halogens is 1. The summed E-state index contributed by atoms with van der Waals surface area (Å²) in [4.78, 5) is 22.0. The number of carboxylic acid groups (broad SMARTS) is 1. The molecule has 1 atom stereocenters. The number of carbonyl (C=O) groups is 2. The van der Waals surface area contributed by atoms with E-state index in [2.05, 4.69) is 26.0 Å². The predicted molar refractivity (Wildman–Crippen MR) is 54.6 cm³/mol. The van der Waals surface area contributed by atoms with Gasteiger partial charge in [-0.1, -0.05) is 22.9 Å². The van der Waals surface area contributed by atoms with Gasteiger partial charge in [0.25, 0.3) is 0 Å². The predicted octanol–water partition coefficient (Wildman–Crippen LogP) is 1.36. The van der Waals surface area contributed by atoms with E-state index in [1.807, 2.05) is 0 Å². The lowest BCUT2D eigenvalue weighted by Crippen LogP contribution is -2.54. The van der Waals surface area contributed by atoms with Crippen LogP contribution in [0.4, 0.5) is 4.79 Å². The van der Waals surface area contributed by atoms with Gasteiger partial charge >= 0.3 is 12.1 Å². The first-order valence-corrected chi connectivity index (χ1v) is 5.30. The Balaban J connectivity index is 4.66. The molecule has 14 heavy (non-hydrogen) atoms. The van der Waals surface area contributed by atoms with E-state index in [-0.39, 0.29) is 0 Å². The zero-order chi connectivity index (χ0) is 11.2. The third-order valence-electron chi connectivity index (χ3n) is 2.06. The molecule has 0 spiro atoms. The summed E-state index contributed by atoms with van der Waals surface area (Å²) in [7, 11) is 1.20. The fourth-order valence-electron chi connectivity index (χ4n) is 1.05. The molecule has 2 N–H and O–H groups in total. The molecule has 6 heteroatoms. The highest BCUT2D eigenvalue weighted by molar-refractivity contribution is 9.09. The molecule has 1 amide bonds. The number of nitrogens with one attached hydrogen (secondary N) is 1. The van der Waals surface area contributed by atoms with Crippen LogP contribution >= 0.6 is 15.9 Å². The van der Waals surface area contributed by atoms with E-state index < -0.39 is 17.6 Å². The first-order valence-electron chi connectivity index (χ1n) is 4.18. The van der Waals surface area contributed by atoms with Crippen LogP contribution in [-0.2, 0) is 9.53 Å². The summed E-state index contributed by atoms with van der Waals surface area (Å²) in [5.74, 6) is -1.05. The minimum atomic E-state index is -1.24. The smallest absolute Gasteiger partial charge is 0.407 e. The van der Waals surface area contributed by atoms with E-state index in [1.165, 1.54) is 7.11 Å². The molecule has 5 nitrogen and oxygen atoms in total. The van der Waals surface area contributed by atoms with Crippen LogP contribution in [0.5, 0.6) is 0 Å². The van der Waals surface area contributed by atoms with Gasteiger partial charge in [0.05, 0.1) is 7.11 Å². The van der Waals surface area contributed by atoms with Gasteiger partial charge in [-0.3, -0.25) is 0 Å². The van der Waals surface area contributed by atoms with Gasteiger partial charge in [0.2, 0.25) is 0 Å². The molecule has 0 saturated heterocycles. The molecule has 0 saturated carbocycles. The van der Waals surface area contributed by atoms with Crippen LogP contribution < -0.4 is 5.32 Å². The van der Waals surface area contributed by atoms with E-state index in [9.17, 15) is 9.59 Å². The lowest BCUT2D eigenvalue weighted by Gasteiger charge is -2.27. The van der Waals surface area contributed by atoms with Crippen molar-refractivity contribution in [2.75, 3.05) is 12.4 Å². The average molecular weight is 268 g/mol. The summed E-state index contributed by atoms with van der Waals surface area (Å²) in [5, 5.41) is 11.8. The highest BCUT2D eigenvalue weighted by Gasteiger charge is 2.37. The first kappa shape index (κ1) is 13.2. The lowest BCUT2D eigenvalue weighted by molar-refractivity contribution is -0.144. The van der Waals surface area contributed by atoms with Crippen LogP contribution in [0.1, 0.15) is 19.8 Å². The summed E-state index contributed by atoms with van der Waals surface area (Å²) < 4.78 is 4.38. The molecular formula is C8H14BrNO4. The molecule has 0 fully saturated rings. The Morgan fingerprint density at radius 2 is 2.14 bits per heavy atom. The Morgan fingerprint density at radius 3 is 2.43 bits per heavy atom. The number of carboxylic acids is 1.